The second-order valence-corrected chi connectivity index (χ2v) is 5.36. The number of aromatic amines is 1. The van der Waals surface area contributed by atoms with Crippen molar-refractivity contribution >= 4 is 5.69 Å². The number of nitrogens with two attached hydrogens (primary N) is 1. The fourth-order valence-corrected chi connectivity index (χ4v) is 2.58. The van der Waals surface area contributed by atoms with Crippen LogP contribution >= 0.6 is 0 Å². The summed E-state index contributed by atoms with van der Waals surface area (Å²) in [7, 11) is 3.12. The molecule has 3 rings (SSSR count). The Bertz CT molecular complexity index is 890. The highest BCUT2D eigenvalue weighted by atomic mass is 19.3. The molecule has 0 saturated heterocycles. The first-order valence-electron chi connectivity index (χ1n) is 7.63. The molecule has 0 fully saturated rings. The number of rotatable bonds is 6. The van der Waals surface area contributed by atoms with E-state index in [2.05, 4.69) is 14.7 Å². The summed E-state index contributed by atoms with van der Waals surface area (Å²) in [4.78, 5) is 7.40. The molecular weight excluding hydrogens is 344 g/mol. The molecule has 3 N–H and O–H groups in total. The quantitative estimate of drug-likeness (QED) is 0.650. The lowest BCUT2D eigenvalue weighted by Crippen LogP contribution is -2.04. The van der Waals surface area contributed by atoms with Crippen molar-refractivity contribution in [1.29, 1.82) is 0 Å². The number of nitrogens with one attached hydrogen (secondary N) is 1. The number of H-pyrrole nitrogens is 1. The minimum Gasteiger partial charge on any atom is -0.497 e. The van der Waals surface area contributed by atoms with Gasteiger partial charge in [0.15, 0.2) is 0 Å². The summed E-state index contributed by atoms with van der Waals surface area (Å²) in [5.41, 5.74) is 8.69. The molecule has 0 aliphatic rings. The maximum absolute atomic E-state index is 12.4. The summed E-state index contributed by atoms with van der Waals surface area (Å²) in [6.07, 6.45) is 1.54. The highest BCUT2D eigenvalue weighted by Gasteiger charge is 2.15. The van der Waals surface area contributed by atoms with Gasteiger partial charge in [-0.25, -0.2) is 4.98 Å². The Balaban J connectivity index is 2.03. The second-order valence-electron chi connectivity index (χ2n) is 5.36. The first-order chi connectivity index (χ1) is 12.5. The number of nitrogen functional groups attached to an aromatic ring is 1. The van der Waals surface area contributed by atoms with Crippen molar-refractivity contribution in [3.05, 3.63) is 42.7 Å². The number of anilines is 1. The van der Waals surface area contributed by atoms with E-state index in [4.69, 9.17) is 15.2 Å². The van der Waals surface area contributed by atoms with Crippen LogP contribution in [0.5, 0.6) is 17.2 Å². The van der Waals surface area contributed by atoms with Crippen LogP contribution in [0.1, 0.15) is 0 Å². The highest BCUT2D eigenvalue weighted by molar-refractivity contribution is 5.81. The van der Waals surface area contributed by atoms with Gasteiger partial charge in [0.1, 0.15) is 17.2 Å². The molecule has 2 aromatic carbocycles. The number of methoxy groups -OCH3 is 2. The van der Waals surface area contributed by atoms with Crippen LogP contribution in [0.15, 0.2) is 42.7 Å². The first kappa shape index (κ1) is 17.5. The van der Waals surface area contributed by atoms with Crippen molar-refractivity contribution in [2.75, 3.05) is 20.0 Å². The van der Waals surface area contributed by atoms with Gasteiger partial charge in [-0.2, -0.15) is 8.78 Å². The molecule has 0 radical (unpaired) electrons. The Morgan fingerprint density at radius 3 is 2.27 bits per heavy atom. The van der Waals surface area contributed by atoms with Crippen LogP contribution in [0.4, 0.5) is 14.5 Å². The van der Waals surface area contributed by atoms with E-state index in [1.54, 1.807) is 32.4 Å². The Labute approximate surface area is 148 Å². The van der Waals surface area contributed by atoms with Crippen LogP contribution < -0.4 is 19.9 Å². The first-order valence-corrected chi connectivity index (χ1v) is 7.63. The van der Waals surface area contributed by atoms with E-state index in [1.807, 2.05) is 12.1 Å². The molecule has 26 heavy (non-hydrogen) atoms. The highest BCUT2D eigenvalue weighted by Crippen LogP contribution is 2.36. The summed E-state index contributed by atoms with van der Waals surface area (Å²) in [5.74, 6) is 1.16. The third kappa shape index (κ3) is 3.53. The maximum Gasteiger partial charge on any atom is 0.387 e. The van der Waals surface area contributed by atoms with Crippen LogP contribution in [-0.4, -0.2) is 30.8 Å². The number of aromatic nitrogens is 2. The summed E-state index contributed by atoms with van der Waals surface area (Å²) >= 11 is 0. The van der Waals surface area contributed by atoms with E-state index >= 15 is 0 Å². The fourth-order valence-electron chi connectivity index (χ4n) is 2.58. The Morgan fingerprint density at radius 2 is 1.69 bits per heavy atom. The number of hydrogen-bond donors (Lipinski definition) is 2. The predicted molar refractivity (Wildman–Crippen MR) is 93.6 cm³/mol. The van der Waals surface area contributed by atoms with Crippen molar-refractivity contribution in [2.24, 2.45) is 0 Å². The summed E-state index contributed by atoms with van der Waals surface area (Å²) in [6, 6.07) is 9.96. The van der Waals surface area contributed by atoms with Gasteiger partial charge in [-0.15, -0.1) is 0 Å². The predicted octanol–water partition coefficient (Wildman–Crippen LogP) is 3.94. The van der Waals surface area contributed by atoms with Crippen molar-refractivity contribution in [1.82, 2.24) is 9.97 Å². The normalized spacial score (nSPS) is 10.8. The molecule has 0 saturated carbocycles. The Kier molecular flexibility index (Phi) is 4.92. The minimum absolute atomic E-state index is 0.0761. The standard InChI is InChI=1S/C18H17F2N3O3/c1-24-12-5-11(6-13(8-12)25-2)17-16(22-9-23-17)10-3-4-15(14(21)7-10)26-18(19)20/h3-9,18H,21H2,1-2H3,(H,22,23). The molecule has 8 heteroatoms. The van der Waals surface area contributed by atoms with Crippen molar-refractivity contribution in [3.63, 3.8) is 0 Å². The number of halogens is 2. The molecule has 0 spiro atoms. The third-order valence-corrected chi connectivity index (χ3v) is 3.78. The van der Waals surface area contributed by atoms with Gasteiger partial charge < -0.3 is 24.9 Å². The average molecular weight is 361 g/mol. The van der Waals surface area contributed by atoms with Gasteiger partial charge >= 0.3 is 6.61 Å². The van der Waals surface area contributed by atoms with Gasteiger partial charge in [-0.1, -0.05) is 0 Å². The Morgan fingerprint density at radius 1 is 1.00 bits per heavy atom. The van der Waals surface area contributed by atoms with Crippen LogP contribution in [0.2, 0.25) is 0 Å². The topological polar surface area (TPSA) is 82.4 Å². The number of nitrogens with zero attached hydrogens (tertiary/aromatic N) is 1. The van der Waals surface area contributed by atoms with E-state index in [-0.39, 0.29) is 11.4 Å². The molecule has 1 aromatic heterocycles. The van der Waals surface area contributed by atoms with Crippen LogP contribution in [-0.2, 0) is 0 Å². The zero-order valence-electron chi connectivity index (χ0n) is 14.1. The fraction of sp³-hybridized carbons (Fsp3) is 0.167. The van der Waals surface area contributed by atoms with Crippen LogP contribution in [0, 0.1) is 0 Å². The van der Waals surface area contributed by atoms with E-state index in [0.717, 1.165) is 5.56 Å². The van der Waals surface area contributed by atoms with E-state index < -0.39 is 6.61 Å². The molecule has 1 heterocycles. The molecule has 3 aromatic rings. The van der Waals surface area contributed by atoms with Gasteiger partial charge in [0.2, 0.25) is 0 Å². The maximum atomic E-state index is 12.4. The van der Waals surface area contributed by atoms with Gasteiger partial charge in [-0.05, 0) is 30.3 Å². The molecule has 0 unspecified atom stereocenters. The third-order valence-electron chi connectivity index (χ3n) is 3.78. The number of alkyl halides is 2. The Hall–Kier alpha value is -3.29. The van der Waals surface area contributed by atoms with Crippen molar-refractivity contribution in [3.8, 4) is 39.8 Å². The largest absolute Gasteiger partial charge is 0.497 e. The lowest BCUT2D eigenvalue weighted by molar-refractivity contribution is -0.0493. The zero-order valence-corrected chi connectivity index (χ0v) is 14.1. The number of ether oxygens (including phenoxy) is 3. The SMILES string of the molecule is COc1cc(OC)cc(-c2nc[nH]c2-c2ccc(OC(F)F)c(N)c2)c1. The van der Waals surface area contributed by atoms with E-state index in [9.17, 15) is 8.78 Å². The zero-order chi connectivity index (χ0) is 18.7. The summed E-state index contributed by atoms with van der Waals surface area (Å²) in [5, 5.41) is 0. The lowest BCUT2D eigenvalue weighted by atomic mass is 10.0. The summed E-state index contributed by atoms with van der Waals surface area (Å²) < 4.78 is 39.7. The number of benzene rings is 2. The second kappa shape index (κ2) is 7.30. The molecule has 6 nitrogen and oxygen atoms in total. The number of imidazole rings is 1. The molecule has 0 aliphatic heterocycles. The van der Waals surface area contributed by atoms with Crippen molar-refractivity contribution < 1.29 is 23.0 Å². The van der Waals surface area contributed by atoms with E-state index in [0.29, 0.717) is 28.5 Å². The van der Waals surface area contributed by atoms with Gasteiger partial charge in [0, 0.05) is 17.2 Å². The molecule has 0 aliphatic carbocycles. The van der Waals surface area contributed by atoms with Crippen molar-refractivity contribution in [2.45, 2.75) is 6.61 Å². The molecule has 0 atom stereocenters. The molecule has 0 amide bonds. The van der Waals surface area contributed by atoms with Crippen LogP contribution in [0.3, 0.4) is 0 Å². The lowest BCUT2D eigenvalue weighted by Gasteiger charge is -2.11. The molecule has 0 bridgehead atoms. The molecular formula is C18H17F2N3O3. The smallest absolute Gasteiger partial charge is 0.387 e. The van der Waals surface area contributed by atoms with E-state index in [1.165, 1.54) is 12.4 Å². The number of hydrogen-bond acceptors (Lipinski definition) is 5. The monoisotopic (exact) mass is 361 g/mol. The van der Waals surface area contributed by atoms with Gasteiger partial charge in [0.05, 0.1) is 37.6 Å². The van der Waals surface area contributed by atoms with Gasteiger partial charge in [-0.3, -0.25) is 0 Å². The average Bonchev–Trinajstić information content (AvgIpc) is 3.12. The minimum atomic E-state index is -2.94. The summed E-state index contributed by atoms with van der Waals surface area (Å²) in [6.45, 7) is -2.94. The van der Waals surface area contributed by atoms with Gasteiger partial charge in [0.25, 0.3) is 0 Å². The molecule has 136 valence electrons. The van der Waals surface area contributed by atoms with Crippen LogP contribution in [0.25, 0.3) is 22.5 Å².